The van der Waals surface area contributed by atoms with Crippen LogP contribution in [0.15, 0.2) is 18.2 Å². The van der Waals surface area contributed by atoms with Gasteiger partial charge in [-0.2, -0.15) is 0 Å². The molecule has 0 radical (unpaired) electrons. The molecule has 2 heterocycles. The second kappa shape index (κ2) is 6.05. The number of anilines is 2. The first-order valence-electron chi connectivity index (χ1n) is 6.84. The minimum atomic E-state index is 0.567. The molecule has 1 N–H and O–H groups in total. The number of hydrogen-bond acceptors (Lipinski definition) is 4. The average molecular weight is 248 g/mol. The van der Waals surface area contributed by atoms with Crippen molar-refractivity contribution in [2.75, 3.05) is 43.9 Å². The van der Waals surface area contributed by atoms with Crippen LogP contribution >= 0.6 is 0 Å². The maximum absolute atomic E-state index is 4.68. The number of nitrogens with zero attached hydrogens (tertiary/aromatic N) is 3. The van der Waals surface area contributed by atoms with Crippen molar-refractivity contribution in [3.63, 3.8) is 0 Å². The number of nitrogens with one attached hydrogen (secondary N) is 1. The summed E-state index contributed by atoms with van der Waals surface area (Å²) in [6.45, 7) is 5.67. The van der Waals surface area contributed by atoms with E-state index in [0.29, 0.717) is 6.04 Å². The Balaban J connectivity index is 2.22. The van der Waals surface area contributed by atoms with Crippen LogP contribution in [-0.2, 0) is 0 Å². The minimum Gasteiger partial charge on any atom is -0.373 e. The van der Waals surface area contributed by atoms with Gasteiger partial charge in [-0.3, -0.25) is 0 Å². The molecule has 2 rings (SSSR count). The molecular formula is C14H24N4. The summed E-state index contributed by atoms with van der Waals surface area (Å²) in [7, 11) is 4.13. The van der Waals surface area contributed by atoms with Crippen molar-refractivity contribution in [2.45, 2.75) is 25.8 Å². The van der Waals surface area contributed by atoms with Gasteiger partial charge in [-0.1, -0.05) is 13.0 Å². The maximum Gasteiger partial charge on any atom is 0.131 e. The van der Waals surface area contributed by atoms with E-state index in [9.17, 15) is 0 Å². The molecular weight excluding hydrogens is 224 g/mol. The van der Waals surface area contributed by atoms with Crippen molar-refractivity contribution in [3.05, 3.63) is 18.2 Å². The summed E-state index contributed by atoms with van der Waals surface area (Å²) in [6.07, 6.45) is 2.37. The summed E-state index contributed by atoms with van der Waals surface area (Å²) in [4.78, 5) is 9.57. The largest absolute Gasteiger partial charge is 0.373 e. The highest BCUT2D eigenvalue weighted by Gasteiger charge is 2.22. The van der Waals surface area contributed by atoms with Gasteiger partial charge in [0, 0.05) is 26.2 Å². The maximum atomic E-state index is 4.68. The number of aromatic nitrogens is 1. The van der Waals surface area contributed by atoms with Crippen LogP contribution in [0.3, 0.4) is 0 Å². The molecule has 4 nitrogen and oxygen atoms in total. The van der Waals surface area contributed by atoms with Gasteiger partial charge in [0.2, 0.25) is 0 Å². The number of pyridine rings is 1. The first kappa shape index (κ1) is 13.1. The molecule has 1 aromatic heterocycles. The number of hydrogen-bond donors (Lipinski definition) is 1. The second-order valence-electron chi connectivity index (χ2n) is 5.00. The molecule has 0 bridgehead atoms. The highest BCUT2D eigenvalue weighted by molar-refractivity contribution is 5.47. The topological polar surface area (TPSA) is 31.4 Å². The Morgan fingerprint density at radius 1 is 1.39 bits per heavy atom. The highest BCUT2D eigenvalue weighted by atomic mass is 15.3. The Morgan fingerprint density at radius 3 is 2.94 bits per heavy atom. The Bertz CT molecular complexity index is 380. The molecule has 0 aliphatic carbocycles. The fourth-order valence-electron chi connectivity index (χ4n) is 2.62. The summed E-state index contributed by atoms with van der Waals surface area (Å²) in [5.41, 5.74) is 0. The predicted octanol–water partition coefficient (Wildman–Crippen LogP) is 2.04. The van der Waals surface area contributed by atoms with E-state index >= 15 is 0 Å². The molecule has 1 saturated heterocycles. The van der Waals surface area contributed by atoms with E-state index in [1.165, 1.54) is 13.0 Å². The van der Waals surface area contributed by atoms with Crippen LogP contribution in [0.5, 0.6) is 0 Å². The van der Waals surface area contributed by atoms with Crippen molar-refractivity contribution < 1.29 is 0 Å². The highest BCUT2D eigenvalue weighted by Crippen LogP contribution is 2.21. The molecule has 0 saturated carbocycles. The molecule has 0 aromatic carbocycles. The van der Waals surface area contributed by atoms with Crippen molar-refractivity contribution in [3.8, 4) is 0 Å². The third-order valence-electron chi connectivity index (χ3n) is 3.66. The third-order valence-corrected chi connectivity index (χ3v) is 3.66. The molecule has 0 amide bonds. The predicted molar refractivity (Wildman–Crippen MR) is 77.3 cm³/mol. The lowest BCUT2D eigenvalue weighted by Gasteiger charge is -2.31. The van der Waals surface area contributed by atoms with Crippen molar-refractivity contribution >= 4 is 11.6 Å². The lowest BCUT2D eigenvalue weighted by Crippen LogP contribution is -2.40. The monoisotopic (exact) mass is 248 g/mol. The van der Waals surface area contributed by atoms with Gasteiger partial charge in [0.15, 0.2) is 0 Å². The molecule has 0 spiro atoms. The van der Waals surface area contributed by atoms with Crippen LogP contribution in [0.1, 0.15) is 19.8 Å². The molecule has 1 atom stereocenters. The molecule has 18 heavy (non-hydrogen) atoms. The lowest BCUT2D eigenvalue weighted by atomic mass is 10.2. The average Bonchev–Trinajstić information content (AvgIpc) is 2.60. The van der Waals surface area contributed by atoms with Crippen LogP contribution in [0, 0.1) is 0 Å². The minimum absolute atomic E-state index is 0.567. The Labute approximate surface area is 110 Å². The fraction of sp³-hybridized carbons (Fsp3) is 0.643. The van der Waals surface area contributed by atoms with E-state index in [2.05, 4.69) is 46.2 Å². The van der Waals surface area contributed by atoms with Crippen LogP contribution in [0.2, 0.25) is 0 Å². The van der Waals surface area contributed by atoms with E-state index in [1.54, 1.807) is 0 Å². The summed E-state index contributed by atoms with van der Waals surface area (Å²) in [6, 6.07) is 6.77. The fourth-order valence-corrected chi connectivity index (χ4v) is 2.62. The first-order chi connectivity index (χ1) is 8.74. The van der Waals surface area contributed by atoms with Crippen molar-refractivity contribution in [2.24, 2.45) is 0 Å². The number of likely N-dealkylation sites (N-methyl/N-ethyl adjacent to an activating group) is 1. The number of rotatable bonds is 3. The Morgan fingerprint density at radius 2 is 2.22 bits per heavy atom. The van der Waals surface area contributed by atoms with E-state index in [0.717, 1.165) is 31.1 Å². The molecule has 100 valence electrons. The zero-order valence-electron chi connectivity index (χ0n) is 11.7. The van der Waals surface area contributed by atoms with Gasteiger partial charge in [0.25, 0.3) is 0 Å². The smallest absolute Gasteiger partial charge is 0.131 e. The van der Waals surface area contributed by atoms with Gasteiger partial charge >= 0.3 is 0 Å². The van der Waals surface area contributed by atoms with E-state index in [1.807, 2.05) is 13.1 Å². The van der Waals surface area contributed by atoms with Crippen LogP contribution in [0.25, 0.3) is 0 Å². The summed E-state index contributed by atoms with van der Waals surface area (Å²) in [5.74, 6) is 2.05. The Hall–Kier alpha value is -1.29. The second-order valence-corrected chi connectivity index (χ2v) is 5.00. The van der Waals surface area contributed by atoms with Gasteiger partial charge < -0.3 is 15.1 Å². The van der Waals surface area contributed by atoms with Crippen molar-refractivity contribution in [1.82, 2.24) is 9.88 Å². The molecule has 1 fully saturated rings. The summed E-state index contributed by atoms with van der Waals surface area (Å²) < 4.78 is 0. The quantitative estimate of drug-likeness (QED) is 0.887. The molecule has 1 aromatic rings. The SMILES string of the molecule is CCC1CN(C)CCCN1c1cccc(NC)n1. The van der Waals surface area contributed by atoms with Gasteiger partial charge in [-0.25, -0.2) is 4.98 Å². The zero-order valence-corrected chi connectivity index (χ0v) is 11.7. The Kier molecular flexibility index (Phi) is 4.42. The summed E-state index contributed by atoms with van der Waals surface area (Å²) in [5, 5.41) is 3.12. The molecule has 1 unspecified atom stereocenters. The standard InChI is InChI=1S/C14H24N4/c1-4-12-11-17(3)9-6-10-18(12)14-8-5-7-13(15-2)16-14/h5,7-8,12H,4,6,9-11H2,1-3H3,(H,15,16). The van der Waals surface area contributed by atoms with E-state index < -0.39 is 0 Å². The molecule has 1 aliphatic heterocycles. The van der Waals surface area contributed by atoms with E-state index in [-0.39, 0.29) is 0 Å². The summed E-state index contributed by atoms with van der Waals surface area (Å²) >= 11 is 0. The van der Waals surface area contributed by atoms with E-state index in [4.69, 9.17) is 0 Å². The normalized spacial score (nSPS) is 21.7. The van der Waals surface area contributed by atoms with Gasteiger partial charge in [-0.15, -0.1) is 0 Å². The first-order valence-corrected chi connectivity index (χ1v) is 6.84. The van der Waals surface area contributed by atoms with Gasteiger partial charge in [0.1, 0.15) is 11.6 Å². The molecule has 4 heteroatoms. The lowest BCUT2D eigenvalue weighted by molar-refractivity contribution is 0.327. The van der Waals surface area contributed by atoms with Gasteiger partial charge in [0.05, 0.1) is 0 Å². The van der Waals surface area contributed by atoms with Crippen molar-refractivity contribution in [1.29, 1.82) is 0 Å². The van der Waals surface area contributed by atoms with Crippen LogP contribution in [-0.4, -0.2) is 49.7 Å². The zero-order chi connectivity index (χ0) is 13.0. The molecule has 1 aliphatic rings. The van der Waals surface area contributed by atoms with Crippen LogP contribution < -0.4 is 10.2 Å². The van der Waals surface area contributed by atoms with Crippen LogP contribution in [0.4, 0.5) is 11.6 Å². The van der Waals surface area contributed by atoms with Gasteiger partial charge in [-0.05, 0) is 38.6 Å². The third kappa shape index (κ3) is 2.93.